The van der Waals surface area contributed by atoms with Gasteiger partial charge in [0.25, 0.3) is 0 Å². The number of hydrogen-bond donors (Lipinski definition) is 1. The molecule has 1 fully saturated rings. The number of aliphatic carboxylic acids is 1. The third-order valence-corrected chi connectivity index (χ3v) is 2.85. The fourth-order valence-electron chi connectivity index (χ4n) is 1.78. The van der Waals surface area contributed by atoms with Crippen LogP contribution in [0.3, 0.4) is 0 Å². The van der Waals surface area contributed by atoms with E-state index in [0.29, 0.717) is 11.8 Å². The molecule has 0 aliphatic heterocycles. The third-order valence-electron chi connectivity index (χ3n) is 2.48. The number of halogens is 1. The van der Waals surface area contributed by atoms with Crippen LogP contribution in [0, 0.1) is 11.8 Å². The number of hydrogen-bond acceptors (Lipinski definition) is 1. The zero-order valence-electron chi connectivity index (χ0n) is 6.46. The van der Waals surface area contributed by atoms with E-state index in [2.05, 4.69) is 0 Å². The van der Waals surface area contributed by atoms with Crippen LogP contribution in [0.5, 0.6) is 0 Å². The molecular weight excluding hydrogens is 176 g/mol. The van der Waals surface area contributed by atoms with Crippen LogP contribution in [0.2, 0.25) is 0 Å². The SMILES string of the molecule is O=C(O)C=CC1=C(Cl)C[C@@H]2C[C@H]12. The third kappa shape index (κ3) is 1.27. The lowest BCUT2D eigenvalue weighted by Gasteiger charge is -1.95. The number of allylic oxidation sites excluding steroid dienone is 3. The molecule has 0 aromatic heterocycles. The largest absolute Gasteiger partial charge is 0.478 e. The van der Waals surface area contributed by atoms with Gasteiger partial charge in [0, 0.05) is 11.1 Å². The lowest BCUT2D eigenvalue weighted by atomic mass is 10.2. The molecular formula is C9H9ClO2. The van der Waals surface area contributed by atoms with Crippen molar-refractivity contribution in [2.24, 2.45) is 11.8 Å². The van der Waals surface area contributed by atoms with Crippen LogP contribution in [-0.4, -0.2) is 11.1 Å². The van der Waals surface area contributed by atoms with E-state index in [4.69, 9.17) is 16.7 Å². The summed E-state index contributed by atoms with van der Waals surface area (Å²) in [6.45, 7) is 0. The predicted octanol–water partition coefficient (Wildman–Crippen LogP) is 2.16. The van der Waals surface area contributed by atoms with Gasteiger partial charge in [0.15, 0.2) is 0 Å². The number of carboxylic acids is 1. The van der Waals surface area contributed by atoms with Crippen molar-refractivity contribution in [3.63, 3.8) is 0 Å². The fourth-order valence-corrected chi connectivity index (χ4v) is 2.18. The van der Waals surface area contributed by atoms with Crippen LogP contribution in [0.1, 0.15) is 12.8 Å². The smallest absolute Gasteiger partial charge is 0.328 e. The lowest BCUT2D eigenvalue weighted by Crippen LogP contribution is -1.88. The highest BCUT2D eigenvalue weighted by Gasteiger charge is 2.45. The molecule has 12 heavy (non-hydrogen) atoms. The van der Waals surface area contributed by atoms with Gasteiger partial charge in [-0.2, -0.15) is 0 Å². The quantitative estimate of drug-likeness (QED) is 0.668. The molecule has 1 N–H and O–H groups in total. The minimum Gasteiger partial charge on any atom is -0.478 e. The van der Waals surface area contributed by atoms with E-state index >= 15 is 0 Å². The van der Waals surface area contributed by atoms with E-state index in [0.717, 1.165) is 17.0 Å². The summed E-state index contributed by atoms with van der Waals surface area (Å²) in [4.78, 5) is 10.2. The lowest BCUT2D eigenvalue weighted by molar-refractivity contribution is -0.131. The van der Waals surface area contributed by atoms with E-state index in [9.17, 15) is 4.79 Å². The fraction of sp³-hybridized carbons (Fsp3) is 0.444. The molecule has 0 bridgehead atoms. The number of carboxylic acid groups (broad SMARTS) is 1. The van der Waals surface area contributed by atoms with Crippen LogP contribution >= 0.6 is 11.6 Å². The second kappa shape index (κ2) is 2.63. The molecule has 64 valence electrons. The summed E-state index contributed by atoms with van der Waals surface area (Å²) in [7, 11) is 0. The zero-order valence-corrected chi connectivity index (χ0v) is 7.21. The van der Waals surface area contributed by atoms with Crippen molar-refractivity contribution in [3.8, 4) is 0 Å². The van der Waals surface area contributed by atoms with Crippen molar-refractivity contribution < 1.29 is 9.90 Å². The van der Waals surface area contributed by atoms with E-state index in [1.165, 1.54) is 12.5 Å². The van der Waals surface area contributed by atoms with Crippen molar-refractivity contribution in [1.82, 2.24) is 0 Å². The second-order valence-corrected chi connectivity index (χ2v) is 3.79. The molecule has 0 heterocycles. The van der Waals surface area contributed by atoms with Gasteiger partial charge in [-0.25, -0.2) is 4.79 Å². The summed E-state index contributed by atoms with van der Waals surface area (Å²) in [6.07, 6.45) is 4.95. The van der Waals surface area contributed by atoms with Crippen LogP contribution < -0.4 is 0 Å². The van der Waals surface area contributed by atoms with Crippen molar-refractivity contribution >= 4 is 17.6 Å². The second-order valence-electron chi connectivity index (χ2n) is 3.34. The molecule has 2 aliphatic carbocycles. The summed E-state index contributed by atoms with van der Waals surface area (Å²) in [5.74, 6) is 0.370. The zero-order chi connectivity index (χ0) is 8.72. The molecule has 3 heteroatoms. The molecule has 1 saturated carbocycles. The van der Waals surface area contributed by atoms with Gasteiger partial charge >= 0.3 is 5.97 Å². The number of fused-ring (bicyclic) bond motifs is 1. The molecule has 0 unspecified atom stereocenters. The number of carbonyl (C=O) groups is 1. The number of rotatable bonds is 2. The first-order valence-corrected chi connectivity index (χ1v) is 4.36. The Morgan fingerprint density at radius 2 is 2.42 bits per heavy atom. The Morgan fingerprint density at radius 1 is 1.67 bits per heavy atom. The highest BCUT2D eigenvalue weighted by molar-refractivity contribution is 6.30. The molecule has 2 atom stereocenters. The Bertz CT molecular complexity index is 291. The highest BCUT2D eigenvalue weighted by Crippen LogP contribution is 2.56. The first-order valence-electron chi connectivity index (χ1n) is 3.98. The Kier molecular flexibility index (Phi) is 1.72. The van der Waals surface area contributed by atoms with Crippen LogP contribution in [0.25, 0.3) is 0 Å². The first-order chi connectivity index (χ1) is 5.68. The van der Waals surface area contributed by atoms with Gasteiger partial charge in [-0.3, -0.25) is 0 Å². The predicted molar refractivity (Wildman–Crippen MR) is 45.9 cm³/mol. The van der Waals surface area contributed by atoms with Crippen LogP contribution in [-0.2, 0) is 4.79 Å². The molecule has 0 radical (unpaired) electrons. The van der Waals surface area contributed by atoms with Gasteiger partial charge in [0.05, 0.1) is 0 Å². The molecule has 2 aliphatic rings. The molecule has 0 spiro atoms. The topological polar surface area (TPSA) is 37.3 Å². The summed E-state index contributed by atoms with van der Waals surface area (Å²) >= 11 is 5.92. The maximum atomic E-state index is 10.2. The Hall–Kier alpha value is -0.760. The molecule has 0 aromatic rings. The van der Waals surface area contributed by atoms with Crippen LogP contribution in [0.15, 0.2) is 22.8 Å². The molecule has 2 nitrogen and oxygen atoms in total. The monoisotopic (exact) mass is 184 g/mol. The van der Waals surface area contributed by atoms with Gasteiger partial charge in [-0.05, 0) is 30.3 Å². The minimum absolute atomic E-state index is 0.563. The van der Waals surface area contributed by atoms with Gasteiger partial charge < -0.3 is 5.11 Å². The van der Waals surface area contributed by atoms with Crippen molar-refractivity contribution in [2.75, 3.05) is 0 Å². The maximum Gasteiger partial charge on any atom is 0.328 e. The van der Waals surface area contributed by atoms with E-state index in [1.54, 1.807) is 6.08 Å². The van der Waals surface area contributed by atoms with Crippen molar-refractivity contribution in [3.05, 3.63) is 22.8 Å². The maximum absolute atomic E-state index is 10.2. The first kappa shape index (κ1) is 7.87. The molecule has 0 amide bonds. The van der Waals surface area contributed by atoms with E-state index in [-0.39, 0.29) is 0 Å². The standard InChI is InChI=1S/C9H9ClO2/c10-8-4-5-3-7(5)6(8)1-2-9(11)12/h1-2,5,7H,3-4H2,(H,11,12)/t5-,7-/m0/s1. The van der Waals surface area contributed by atoms with Gasteiger partial charge in [0.1, 0.15) is 0 Å². The van der Waals surface area contributed by atoms with Crippen molar-refractivity contribution in [2.45, 2.75) is 12.8 Å². The summed E-state index contributed by atoms with van der Waals surface area (Å²) in [5.41, 5.74) is 1.05. The van der Waals surface area contributed by atoms with Gasteiger partial charge in [0.2, 0.25) is 0 Å². The van der Waals surface area contributed by atoms with Crippen LogP contribution in [0.4, 0.5) is 0 Å². The molecule has 0 saturated heterocycles. The van der Waals surface area contributed by atoms with Crippen molar-refractivity contribution in [1.29, 1.82) is 0 Å². The van der Waals surface area contributed by atoms with Gasteiger partial charge in [-0.15, -0.1) is 0 Å². The molecule has 0 aromatic carbocycles. The Balaban J connectivity index is 2.12. The van der Waals surface area contributed by atoms with E-state index in [1.807, 2.05) is 0 Å². The Labute approximate surface area is 75.5 Å². The highest BCUT2D eigenvalue weighted by atomic mass is 35.5. The minimum atomic E-state index is -0.906. The molecule has 2 rings (SSSR count). The van der Waals surface area contributed by atoms with E-state index < -0.39 is 5.97 Å². The normalized spacial score (nSPS) is 32.8. The Morgan fingerprint density at radius 3 is 2.92 bits per heavy atom. The summed E-state index contributed by atoms with van der Waals surface area (Å²) < 4.78 is 0. The summed E-state index contributed by atoms with van der Waals surface area (Å²) in [5, 5.41) is 9.26. The van der Waals surface area contributed by atoms with Gasteiger partial charge in [-0.1, -0.05) is 17.7 Å². The average molecular weight is 185 g/mol. The summed E-state index contributed by atoms with van der Waals surface area (Å²) in [6, 6.07) is 0. The average Bonchev–Trinajstić information content (AvgIpc) is 2.62.